The van der Waals surface area contributed by atoms with Gasteiger partial charge in [0.2, 0.25) is 0 Å². The van der Waals surface area contributed by atoms with Crippen LogP contribution in [0.15, 0.2) is 36.9 Å². The SMILES string of the molecule is C=CCCCCCC(NCC)c1cccc(N(C)C)c1. The number of nitrogens with zero attached hydrogens (tertiary/aromatic N) is 1. The van der Waals surface area contributed by atoms with Crippen LogP contribution in [0.3, 0.4) is 0 Å². The molecule has 1 unspecified atom stereocenters. The molecular formula is C18H30N2. The number of nitrogens with one attached hydrogen (secondary N) is 1. The lowest BCUT2D eigenvalue weighted by Crippen LogP contribution is -2.21. The number of hydrogen-bond donors (Lipinski definition) is 1. The van der Waals surface area contributed by atoms with Crippen LogP contribution in [0, 0.1) is 0 Å². The molecule has 0 amide bonds. The summed E-state index contributed by atoms with van der Waals surface area (Å²) in [6, 6.07) is 9.34. The van der Waals surface area contributed by atoms with Crippen molar-refractivity contribution >= 4 is 5.69 Å². The summed E-state index contributed by atoms with van der Waals surface area (Å²) >= 11 is 0. The highest BCUT2D eigenvalue weighted by Crippen LogP contribution is 2.23. The highest BCUT2D eigenvalue weighted by molar-refractivity contribution is 5.47. The Balaban J connectivity index is 2.60. The summed E-state index contributed by atoms with van der Waals surface area (Å²) in [5.41, 5.74) is 2.68. The fourth-order valence-corrected chi connectivity index (χ4v) is 2.47. The van der Waals surface area contributed by atoms with Crippen LogP contribution in [-0.2, 0) is 0 Å². The zero-order chi connectivity index (χ0) is 14.8. The smallest absolute Gasteiger partial charge is 0.0364 e. The van der Waals surface area contributed by atoms with Gasteiger partial charge in [0.05, 0.1) is 0 Å². The standard InChI is InChI=1S/C18H30N2/c1-5-7-8-9-10-14-18(19-6-2)16-12-11-13-17(15-16)20(3)4/h5,11-13,15,18-19H,1,6-10,14H2,2-4H3. The van der Waals surface area contributed by atoms with Crippen LogP contribution < -0.4 is 10.2 Å². The lowest BCUT2D eigenvalue weighted by molar-refractivity contribution is 0.484. The lowest BCUT2D eigenvalue weighted by atomic mass is 9.99. The largest absolute Gasteiger partial charge is 0.378 e. The number of anilines is 1. The van der Waals surface area contributed by atoms with E-state index >= 15 is 0 Å². The Bertz CT molecular complexity index is 385. The minimum atomic E-state index is 0.476. The van der Waals surface area contributed by atoms with E-state index in [9.17, 15) is 0 Å². The Labute approximate surface area is 124 Å². The van der Waals surface area contributed by atoms with Crippen LogP contribution in [0.4, 0.5) is 5.69 Å². The summed E-state index contributed by atoms with van der Waals surface area (Å²) in [4.78, 5) is 2.16. The molecule has 0 aliphatic heterocycles. The molecule has 20 heavy (non-hydrogen) atoms. The van der Waals surface area contributed by atoms with Gasteiger partial charge in [-0.1, -0.05) is 38.0 Å². The maximum Gasteiger partial charge on any atom is 0.0364 e. The molecule has 0 heterocycles. The highest BCUT2D eigenvalue weighted by atomic mass is 15.1. The lowest BCUT2D eigenvalue weighted by Gasteiger charge is -2.21. The van der Waals surface area contributed by atoms with E-state index in [1.54, 1.807) is 0 Å². The molecule has 0 spiro atoms. The summed E-state index contributed by atoms with van der Waals surface area (Å²) in [6.45, 7) is 6.98. The molecule has 2 nitrogen and oxygen atoms in total. The molecule has 1 rings (SSSR count). The van der Waals surface area contributed by atoms with Crippen LogP contribution in [0.1, 0.15) is 50.6 Å². The third-order valence-corrected chi connectivity index (χ3v) is 3.64. The van der Waals surface area contributed by atoms with Crippen LogP contribution in [0.25, 0.3) is 0 Å². The molecule has 1 atom stereocenters. The van der Waals surface area contributed by atoms with E-state index in [0.29, 0.717) is 6.04 Å². The van der Waals surface area contributed by atoms with Crippen molar-refractivity contribution in [3.8, 4) is 0 Å². The van der Waals surface area contributed by atoms with Gasteiger partial charge in [-0.3, -0.25) is 0 Å². The first-order valence-electron chi connectivity index (χ1n) is 7.80. The summed E-state index contributed by atoms with van der Waals surface area (Å²) in [7, 11) is 4.19. The summed E-state index contributed by atoms with van der Waals surface area (Å²) in [5.74, 6) is 0. The molecule has 1 aromatic rings. The fourth-order valence-electron chi connectivity index (χ4n) is 2.47. The first kappa shape index (κ1) is 16.8. The van der Waals surface area contributed by atoms with Gasteiger partial charge >= 0.3 is 0 Å². The Morgan fingerprint density at radius 3 is 2.70 bits per heavy atom. The number of allylic oxidation sites excluding steroid dienone is 1. The van der Waals surface area contributed by atoms with E-state index in [1.807, 2.05) is 6.08 Å². The molecule has 0 saturated heterocycles. The number of rotatable bonds is 10. The van der Waals surface area contributed by atoms with E-state index < -0.39 is 0 Å². The molecular weight excluding hydrogens is 244 g/mol. The number of hydrogen-bond acceptors (Lipinski definition) is 2. The minimum Gasteiger partial charge on any atom is -0.378 e. The Kier molecular flexibility index (Phi) is 8.05. The molecule has 2 heteroatoms. The maximum absolute atomic E-state index is 3.78. The second-order valence-electron chi connectivity index (χ2n) is 5.53. The molecule has 0 radical (unpaired) electrons. The minimum absolute atomic E-state index is 0.476. The van der Waals surface area contributed by atoms with Gasteiger partial charge in [0.15, 0.2) is 0 Å². The average Bonchev–Trinajstić information content (AvgIpc) is 2.46. The van der Waals surface area contributed by atoms with Crippen molar-refractivity contribution in [1.29, 1.82) is 0 Å². The first-order valence-corrected chi connectivity index (χ1v) is 7.80. The predicted octanol–water partition coefficient (Wildman–Crippen LogP) is 4.54. The third kappa shape index (κ3) is 5.79. The summed E-state index contributed by atoms with van der Waals surface area (Å²) in [5, 5.41) is 3.62. The van der Waals surface area contributed by atoms with E-state index in [0.717, 1.165) is 13.0 Å². The van der Waals surface area contributed by atoms with Gasteiger partial charge in [0, 0.05) is 25.8 Å². The van der Waals surface area contributed by atoms with Crippen LogP contribution >= 0.6 is 0 Å². The van der Waals surface area contributed by atoms with Gasteiger partial charge < -0.3 is 10.2 Å². The maximum atomic E-state index is 3.78. The second-order valence-corrected chi connectivity index (χ2v) is 5.53. The van der Waals surface area contributed by atoms with Crippen molar-refractivity contribution in [2.45, 2.75) is 45.1 Å². The van der Waals surface area contributed by atoms with E-state index in [4.69, 9.17) is 0 Å². The van der Waals surface area contributed by atoms with Crippen LogP contribution in [0.5, 0.6) is 0 Å². The second kappa shape index (κ2) is 9.60. The van der Waals surface area contributed by atoms with Crippen LogP contribution in [0.2, 0.25) is 0 Å². The number of unbranched alkanes of at least 4 members (excludes halogenated alkanes) is 3. The fraction of sp³-hybridized carbons (Fsp3) is 0.556. The van der Waals surface area contributed by atoms with Crippen LogP contribution in [-0.4, -0.2) is 20.6 Å². The first-order chi connectivity index (χ1) is 9.69. The quantitative estimate of drug-likeness (QED) is 0.498. The highest BCUT2D eigenvalue weighted by Gasteiger charge is 2.10. The molecule has 0 aromatic heterocycles. The molecule has 0 aliphatic carbocycles. The van der Waals surface area contributed by atoms with Crippen molar-refractivity contribution in [1.82, 2.24) is 5.32 Å². The van der Waals surface area contributed by atoms with Gasteiger partial charge in [0.1, 0.15) is 0 Å². The van der Waals surface area contributed by atoms with Gasteiger partial charge in [-0.2, -0.15) is 0 Å². The monoisotopic (exact) mass is 274 g/mol. The Hall–Kier alpha value is -1.28. The molecule has 1 aromatic carbocycles. The van der Waals surface area contributed by atoms with E-state index in [2.05, 4.69) is 62.1 Å². The zero-order valence-electron chi connectivity index (χ0n) is 13.4. The van der Waals surface area contributed by atoms with Crippen molar-refractivity contribution in [2.24, 2.45) is 0 Å². The normalized spacial score (nSPS) is 12.2. The van der Waals surface area contributed by atoms with Crippen molar-refractivity contribution < 1.29 is 0 Å². The van der Waals surface area contributed by atoms with Gasteiger partial charge in [0.25, 0.3) is 0 Å². The van der Waals surface area contributed by atoms with Gasteiger partial charge in [-0.05, 0) is 43.5 Å². The molecule has 0 fully saturated rings. The molecule has 0 saturated carbocycles. The third-order valence-electron chi connectivity index (χ3n) is 3.64. The topological polar surface area (TPSA) is 15.3 Å². The summed E-state index contributed by atoms with van der Waals surface area (Å²) < 4.78 is 0. The Morgan fingerprint density at radius 1 is 1.25 bits per heavy atom. The molecule has 112 valence electrons. The van der Waals surface area contributed by atoms with Gasteiger partial charge in [-0.15, -0.1) is 6.58 Å². The predicted molar refractivity (Wildman–Crippen MR) is 90.5 cm³/mol. The molecule has 0 aliphatic rings. The van der Waals surface area contributed by atoms with E-state index in [1.165, 1.54) is 36.9 Å². The average molecular weight is 274 g/mol. The van der Waals surface area contributed by atoms with Crippen molar-refractivity contribution in [2.75, 3.05) is 25.5 Å². The van der Waals surface area contributed by atoms with Gasteiger partial charge in [-0.25, -0.2) is 0 Å². The van der Waals surface area contributed by atoms with Crippen molar-refractivity contribution in [3.63, 3.8) is 0 Å². The summed E-state index contributed by atoms with van der Waals surface area (Å²) in [6.07, 6.45) is 8.20. The van der Waals surface area contributed by atoms with E-state index in [-0.39, 0.29) is 0 Å². The molecule has 1 N–H and O–H groups in total. The zero-order valence-corrected chi connectivity index (χ0v) is 13.4. The van der Waals surface area contributed by atoms with Crippen molar-refractivity contribution in [3.05, 3.63) is 42.5 Å². The number of benzene rings is 1. The Morgan fingerprint density at radius 2 is 2.05 bits per heavy atom. The molecule has 0 bridgehead atoms.